The number of oxazole rings is 1. The van der Waals surface area contributed by atoms with Crippen molar-refractivity contribution >= 4 is 34.4 Å². The Kier molecular flexibility index (Phi) is 2.52. The number of carbonyl (C=O) groups excluding carboxylic acids is 1. The molecule has 1 N–H and O–H groups in total. The van der Waals surface area contributed by atoms with E-state index in [1.807, 2.05) is 0 Å². The second kappa shape index (κ2) is 4.19. The van der Waals surface area contributed by atoms with Crippen molar-refractivity contribution in [3.8, 4) is 0 Å². The molecule has 1 aromatic carbocycles. The van der Waals surface area contributed by atoms with Crippen LogP contribution in [0.1, 0.15) is 16.4 Å². The molecule has 18 heavy (non-hydrogen) atoms. The topological polar surface area (TPSA) is 80.9 Å². The van der Waals surface area contributed by atoms with Crippen molar-refractivity contribution in [3.63, 3.8) is 0 Å². The molecule has 0 saturated heterocycles. The first kappa shape index (κ1) is 10.8. The van der Waals surface area contributed by atoms with Crippen molar-refractivity contribution in [2.75, 3.05) is 5.32 Å². The molecule has 0 aliphatic carbocycles. The molecule has 0 bridgehead atoms. The summed E-state index contributed by atoms with van der Waals surface area (Å²) in [6, 6.07) is 5.29. The molecule has 90 valence electrons. The number of amides is 1. The van der Waals surface area contributed by atoms with Gasteiger partial charge in [-0.3, -0.25) is 4.79 Å². The summed E-state index contributed by atoms with van der Waals surface area (Å²) < 4.78 is 13.0. The van der Waals surface area contributed by atoms with Crippen LogP contribution in [-0.4, -0.2) is 19.6 Å². The highest BCUT2D eigenvalue weighted by Crippen LogP contribution is 2.20. The fourth-order valence-corrected chi connectivity index (χ4v) is 1.99. The van der Waals surface area contributed by atoms with E-state index in [0.29, 0.717) is 22.9 Å². The van der Waals surface area contributed by atoms with Gasteiger partial charge in [0.05, 0.1) is 17.9 Å². The molecule has 7 heteroatoms. The lowest BCUT2D eigenvalue weighted by molar-refractivity contribution is 0.102. The number of hydrogen-bond donors (Lipinski definition) is 1. The normalized spacial score (nSPS) is 10.7. The molecule has 1 amide bonds. The Labute approximate surface area is 106 Å². The molecule has 0 fully saturated rings. The Balaban J connectivity index is 1.88. The number of nitrogens with zero attached hydrogens (tertiary/aromatic N) is 3. The Hall–Kier alpha value is -2.28. The number of aromatic nitrogens is 3. The minimum atomic E-state index is -0.292. The molecule has 3 aromatic rings. The van der Waals surface area contributed by atoms with E-state index in [-0.39, 0.29) is 5.91 Å². The summed E-state index contributed by atoms with van der Waals surface area (Å²) in [5, 5.41) is 2.72. The fraction of sp³-hybridized carbons (Fsp3) is 0.0909. The first-order valence-electron chi connectivity index (χ1n) is 5.18. The number of carbonyl (C=O) groups is 1. The van der Waals surface area contributed by atoms with Crippen LogP contribution in [0, 0.1) is 6.92 Å². The lowest BCUT2D eigenvalue weighted by atomic mass is 10.3. The van der Waals surface area contributed by atoms with Gasteiger partial charge in [0.1, 0.15) is 5.52 Å². The Morgan fingerprint density at radius 1 is 1.44 bits per heavy atom. The van der Waals surface area contributed by atoms with Gasteiger partial charge in [-0.2, -0.15) is 8.75 Å². The molecule has 0 atom stereocenters. The molecule has 0 saturated carbocycles. The van der Waals surface area contributed by atoms with E-state index in [1.54, 1.807) is 25.1 Å². The van der Waals surface area contributed by atoms with Gasteiger partial charge in [-0.25, -0.2) is 4.98 Å². The maximum Gasteiger partial charge on any atom is 0.277 e. The van der Waals surface area contributed by atoms with Gasteiger partial charge in [0.2, 0.25) is 0 Å². The third kappa shape index (κ3) is 1.95. The summed E-state index contributed by atoms with van der Waals surface area (Å²) in [7, 11) is 0. The average Bonchev–Trinajstić information content (AvgIpc) is 2.95. The predicted octanol–water partition coefficient (Wildman–Crippen LogP) is 2.24. The van der Waals surface area contributed by atoms with Gasteiger partial charge in [0.15, 0.2) is 17.2 Å². The van der Waals surface area contributed by atoms with Crippen molar-refractivity contribution in [1.82, 2.24) is 13.7 Å². The second-order valence-corrected chi connectivity index (χ2v) is 4.22. The van der Waals surface area contributed by atoms with Crippen LogP contribution < -0.4 is 5.32 Å². The van der Waals surface area contributed by atoms with Crippen LogP contribution in [-0.2, 0) is 0 Å². The average molecular weight is 260 g/mol. The molecular weight excluding hydrogens is 252 g/mol. The molecular formula is C11H8N4O2S. The molecule has 0 aliphatic heterocycles. The zero-order chi connectivity index (χ0) is 12.5. The van der Waals surface area contributed by atoms with Crippen molar-refractivity contribution in [3.05, 3.63) is 36.0 Å². The van der Waals surface area contributed by atoms with Crippen LogP contribution in [0.5, 0.6) is 0 Å². The van der Waals surface area contributed by atoms with E-state index in [0.717, 1.165) is 17.2 Å². The molecule has 6 nitrogen and oxygen atoms in total. The highest BCUT2D eigenvalue weighted by Gasteiger charge is 2.10. The van der Waals surface area contributed by atoms with Crippen LogP contribution in [0.25, 0.3) is 11.1 Å². The van der Waals surface area contributed by atoms with E-state index in [4.69, 9.17) is 4.42 Å². The minimum Gasteiger partial charge on any atom is -0.441 e. The van der Waals surface area contributed by atoms with Crippen LogP contribution >= 0.6 is 11.7 Å². The maximum atomic E-state index is 11.8. The highest BCUT2D eigenvalue weighted by molar-refractivity contribution is 6.99. The second-order valence-electron chi connectivity index (χ2n) is 3.66. The number of anilines is 1. The van der Waals surface area contributed by atoms with Crippen LogP contribution in [0.2, 0.25) is 0 Å². The third-order valence-electron chi connectivity index (χ3n) is 2.35. The van der Waals surface area contributed by atoms with Gasteiger partial charge >= 0.3 is 0 Å². The Morgan fingerprint density at radius 3 is 3.11 bits per heavy atom. The number of fused-ring (bicyclic) bond motifs is 1. The van der Waals surface area contributed by atoms with Crippen molar-refractivity contribution in [2.24, 2.45) is 0 Å². The smallest absolute Gasteiger partial charge is 0.277 e. The van der Waals surface area contributed by atoms with Crippen LogP contribution in [0.4, 0.5) is 5.69 Å². The Morgan fingerprint density at radius 2 is 2.33 bits per heavy atom. The van der Waals surface area contributed by atoms with Gasteiger partial charge in [-0.05, 0) is 12.1 Å². The first-order valence-corrected chi connectivity index (χ1v) is 5.91. The summed E-state index contributed by atoms with van der Waals surface area (Å²) in [5.74, 6) is 0.302. The zero-order valence-corrected chi connectivity index (χ0v) is 10.2. The van der Waals surface area contributed by atoms with Gasteiger partial charge in [0, 0.05) is 18.7 Å². The standard InChI is InChI=1S/C11H8N4O2S/c1-6-13-8-3-2-7(4-10(8)17-6)14-11(16)9-5-12-18-15-9/h2-5H,1H3,(H,14,16). The van der Waals surface area contributed by atoms with E-state index in [9.17, 15) is 4.79 Å². The summed E-state index contributed by atoms with van der Waals surface area (Å²) in [5.41, 5.74) is 2.34. The lowest BCUT2D eigenvalue weighted by Gasteiger charge is -2.01. The maximum absolute atomic E-state index is 11.8. The third-order valence-corrected chi connectivity index (χ3v) is 2.83. The van der Waals surface area contributed by atoms with Crippen molar-refractivity contribution in [2.45, 2.75) is 6.92 Å². The van der Waals surface area contributed by atoms with Gasteiger partial charge in [0.25, 0.3) is 5.91 Å². The van der Waals surface area contributed by atoms with Crippen molar-refractivity contribution < 1.29 is 9.21 Å². The van der Waals surface area contributed by atoms with Gasteiger partial charge < -0.3 is 9.73 Å². The summed E-state index contributed by atoms with van der Waals surface area (Å²) >= 11 is 0.995. The van der Waals surface area contributed by atoms with E-state index in [2.05, 4.69) is 19.0 Å². The molecule has 0 aliphatic rings. The molecule has 2 aromatic heterocycles. The van der Waals surface area contributed by atoms with Gasteiger partial charge in [-0.15, -0.1) is 0 Å². The number of benzene rings is 1. The monoisotopic (exact) mass is 260 g/mol. The van der Waals surface area contributed by atoms with E-state index >= 15 is 0 Å². The quantitative estimate of drug-likeness (QED) is 0.764. The highest BCUT2D eigenvalue weighted by atomic mass is 32.1. The number of nitrogens with one attached hydrogen (secondary N) is 1. The molecule has 0 unspecified atom stereocenters. The van der Waals surface area contributed by atoms with E-state index < -0.39 is 0 Å². The summed E-state index contributed by atoms with van der Waals surface area (Å²) in [6.45, 7) is 1.78. The lowest BCUT2D eigenvalue weighted by Crippen LogP contribution is -2.11. The van der Waals surface area contributed by atoms with Crippen LogP contribution in [0.3, 0.4) is 0 Å². The molecule has 2 heterocycles. The molecule has 0 radical (unpaired) electrons. The number of aryl methyl sites for hydroxylation is 1. The molecule has 3 rings (SSSR count). The van der Waals surface area contributed by atoms with Gasteiger partial charge in [-0.1, -0.05) is 0 Å². The number of rotatable bonds is 2. The Bertz CT molecular complexity index is 705. The largest absolute Gasteiger partial charge is 0.441 e. The zero-order valence-electron chi connectivity index (χ0n) is 9.38. The van der Waals surface area contributed by atoms with E-state index in [1.165, 1.54) is 6.20 Å². The first-order chi connectivity index (χ1) is 8.72. The number of hydrogen-bond acceptors (Lipinski definition) is 6. The van der Waals surface area contributed by atoms with Crippen LogP contribution in [0.15, 0.2) is 28.8 Å². The fourth-order valence-electron chi connectivity index (χ4n) is 1.58. The summed E-state index contributed by atoms with van der Waals surface area (Å²) in [6.07, 6.45) is 1.43. The summed E-state index contributed by atoms with van der Waals surface area (Å²) in [4.78, 5) is 15.9. The predicted molar refractivity (Wildman–Crippen MR) is 66.6 cm³/mol. The molecule has 0 spiro atoms. The van der Waals surface area contributed by atoms with Crippen molar-refractivity contribution in [1.29, 1.82) is 0 Å². The minimum absolute atomic E-state index is 0.292. The SMILES string of the molecule is Cc1nc2ccc(NC(=O)c3cnsn3)cc2o1.